The molecule has 1 rings (SSSR count). The highest BCUT2D eigenvalue weighted by atomic mass is 127. The second-order valence-corrected chi connectivity index (χ2v) is 4.13. The van der Waals surface area contributed by atoms with E-state index in [0.29, 0.717) is 0 Å². The highest BCUT2D eigenvalue weighted by molar-refractivity contribution is 14.1. The maximum absolute atomic E-state index is 12.4. The molecular formula is C6H6FISi. The predicted octanol–water partition coefficient (Wildman–Crippen LogP) is 0.421. The summed E-state index contributed by atoms with van der Waals surface area (Å²) in [5.74, 6) is -0.125. The summed E-state index contributed by atoms with van der Waals surface area (Å²) in [4.78, 5) is 0. The van der Waals surface area contributed by atoms with Crippen LogP contribution in [0.15, 0.2) is 18.2 Å². The summed E-state index contributed by atoms with van der Waals surface area (Å²) >= 11 is 2.21. The van der Waals surface area contributed by atoms with Gasteiger partial charge < -0.3 is 0 Å². The molecule has 0 heterocycles. The van der Waals surface area contributed by atoms with Gasteiger partial charge in [-0.3, -0.25) is 0 Å². The lowest BCUT2D eigenvalue weighted by molar-refractivity contribution is 0.628. The molecular weight excluding hydrogens is 246 g/mol. The largest absolute Gasteiger partial charge is 0.207 e. The zero-order valence-corrected chi connectivity index (χ0v) is 9.15. The molecule has 0 atom stereocenters. The van der Waals surface area contributed by atoms with Gasteiger partial charge in [-0.25, -0.2) is 4.39 Å². The van der Waals surface area contributed by atoms with Crippen LogP contribution in [-0.2, 0) is 0 Å². The molecule has 0 bridgehead atoms. The third-order valence-corrected chi connectivity index (χ3v) is 4.18. The Morgan fingerprint density at radius 1 is 1.44 bits per heavy atom. The molecule has 0 N–H and O–H groups in total. The van der Waals surface area contributed by atoms with Gasteiger partial charge in [-0.1, -0.05) is 5.19 Å². The first-order chi connectivity index (χ1) is 4.20. The normalized spacial score (nSPS) is 10.0. The van der Waals surface area contributed by atoms with Crippen LogP contribution in [0.2, 0.25) is 0 Å². The minimum Gasteiger partial charge on any atom is -0.207 e. The smallest absolute Gasteiger partial charge is 0.123 e. The van der Waals surface area contributed by atoms with Gasteiger partial charge in [0, 0.05) is 13.8 Å². The topological polar surface area (TPSA) is 0 Å². The second kappa shape index (κ2) is 2.79. The van der Waals surface area contributed by atoms with Crippen molar-refractivity contribution in [2.45, 2.75) is 0 Å². The molecule has 0 aliphatic rings. The Kier molecular flexibility index (Phi) is 2.23. The van der Waals surface area contributed by atoms with Gasteiger partial charge in [0.2, 0.25) is 0 Å². The highest BCUT2D eigenvalue weighted by Gasteiger charge is 1.93. The third-order valence-electron chi connectivity index (χ3n) is 1.12. The van der Waals surface area contributed by atoms with Gasteiger partial charge in [0.1, 0.15) is 5.82 Å². The van der Waals surface area contributed by atoms with Gasteiger partial charge in [0.25, 0.3) is 0 Å². The van der Waals surface area contributed by atoms with E-state index in [-0.39, 0.29) is 5.82 Å². The first kappa shape index (κ1) is 7.21. The number of halogens is 2. The van der Waals surface area contributed by atoms with E-state index in [1.807, 2.05) is 0 Å². The van der Waals surface area contributed by atoms with Crippen molar-refractivity contribution in [1.82, 2.24) is 0 Å². The second-order valence-electron chi connectivity index (χ2n) is 1.89. The fraction of sp³-hybridized carbons (Fsp3) is 0. The quantitative estimate of drug-likeness (QED) is 0.464. The Bertz CT molecular complexity index is 224. The van der Waals surface area contributed by atoms with Crippen LogP contribution in [0.5, 0.6) is 0 Å². The van der Waals surface area contributed by atoms with E-state index >= 15 is 0 Å². The maximum Gasteiger partial charge on any atom is 0.123 e. The zero-order chi connectivity index (χ0) is 6.85. The molecule has 48 valence electrons. The third kappa shape index (κ3) is 1.75. The average molecular weight is 252 g/mol. The molecule has 9 heavy (non-hydrogen) atoms. The number of hydrogen-bond acceptors (Lipinski definition) is 0. The Morgan fingerprint density at radius 3 is 2.56 bits per heavy atom. The monoisotopic (exact) mass is 252 g/mol. The molecule has 0 spiro atoms. The lowest BCUT2D eigenvalue weighted by Gasteiger charge is -1.94. The van der Waals surface area contributed by atoms with Crippen molar-refractivity contribution < 1.29 is 4.39 Å². The van der Waals surface area contributed by atoms with Gasteiger partial charge >= 0.3 is 0 Å². The molecule has 1 aromatic carbocycles. The molecule has 0 aliphatic heterocycles. The van der Waals surface area contributed by atoms with E-state index in [2.05, 4.69) is 22.6 Å². The SMILES string of the molecule is Fc1ccc(I)c([SiH3])c1. The van der Waals surface area contributed by atoms with Gasteiger partial charge in [0.15, 0.2) is 0 Å². The van der Waals surface area contributed by atoms with Crippen molar-refractivity contribution in [3.63, 3.8) is 0 Å². The van der Waals surface area contributed by atoms with Crippen LogP contribution in [0.4, 0.5) is 4.39 Å². The van der Waals surface area contributed by atoms with Crippen LogP contribution in [0, 0.1) is 9.39 Å². The molecule has 0 aromatic heterocycles. The minimum absolute atomic E-state index is 0.125. The molecule has 0 radical (unpaired) electrons. The number of benzene rings is 1. The number of rotatable bonds is 0. The summed E-state index contributed by atoms with van der Waals surface area (Å²) in [7, 11) is 0.927. The van der Waals surface area contributed by atoms with E-state index in [1.54, 1.807) is 12.1 Å². The first-order valence-corrected chi connectivity index (χ1v) is 4.69. The maximum atomic E-state index is 12.4. The van der Waals surface area contributed by atoms with Crippen LogP contribution < -0.4 is 5.19 Å². The van der Waals surface area contributed by atoms with Crippen molar-refractivity contribution in [3.8, 4) is 0 Å². The van der Waals surface area contributed by atoms with E-state index in [9.17, 15) is 4.39 Å². The molecule has 1 aromatic rings. The van der Waals surface area contributed by atoms with Gasteiger partial charge in [0.05, 0.1) is 0 Å². The Labute approximate surface area is 70.0 Å². The lowest BCUT2D eigenvalue weighted by atomic mass is 10.3. The highest BCUT2D eigenvalue weighted by Crippen LogP contribution is 2.01. The molecule has 0 aliphatic carbocycles. The summed E-state index contributed by atoms with van der Waals surface area (Å²) in [5, 5.41) is 1.13. The van der Waals surface area contributed by atoms with Gasteiger partial charge in [-0.15, -0.1) is 0 Å². The van der Waals surface area contributed by atoms with Crippen molar-refractivity contribution >= 4 is 38.0 Å². The van der Waals surface area contributed by atoms with Crippen molar-refractivity contribution in [2.24, 2.45) is 0 Å². The fourth-order valence-corrected chi connectivity index (χ4v) is 1.39. The average Bonchev–Trinajstić information content (AvgIpc) is 1.80. The molecule has 0 fully saturated rings. The zero-order valence-electron chi connectivity index (χ0n) is 4.99. The number of hydrogen-bond donors (Lipinski definition) is 0. The van der Waals surface area contributed by atoms with E-state index in [4.69, 9.17) is 0 Å². The molecule has 0 nitrogen and oxygen atoms in total. The molecule has 0 saturated heterocycles. The standard InChI is InChI=1S/C6H6FISi/c7-4-1-2-5(8)6(9)3-4/h1-3H,9H3. The lowest BCUT2D eigenvalue weighted by Crippen LogP contribution is -2.06. The molecule has 0 amide bonds. The summed E-state index contributed by atoms with van der Waals surface area (Å²) in [6.07, 6.45) is 0. The van der Waals surface area contributed by atoms with E-state index < -0.39 is 0 Å². The summed E-state index contributed by atoms with van der Waals surface area (Å²) in [5.41, 5.74) is 0. The van der Waals surface area contributed by atoms with Crippen molar-refractivity contribution in [2.75, 3.05) is 0 Å². The van der Waals surface area contributed by atoms with Crippen LogP contribution in [0.3, 0.4) is 0 Å². The Balaban J connectivity index is 3.17. The summed E-state index contributed by atoms with van der Waals surface area (Å²) in [6, 6.07) is 4.88. The van der Waals surface area contributed by atoms with Crippen LogP contribution in [0.1, 0.15) is 0 Å². The Morgan fingerprint density at radius 2 is 2.11 bits per heavy atom. The van der Waals surface area contributed by atoms with Gasteiger partial charge in [-0.05, 0) is 40.8 Å². The van der Waals surface area contributed by atoms with Crippen LogP contribution in [0.25, 0.3) is 0 Å². The van der Waals surface area contributed by atoms with Crippen LogP contribution in [-0.4, -0.2) is 10.2 Å². The van der Waals surface area contributed by atoms with Gasteiger partial charge in [-0.2, -0.15) is 0 Å². The first-order valence-electron chi connectivity index (χ1n) is 2.62. The van der Waals surface area contributed by atoms with E-state index in [1.165, 1.54) is 9.64 Å². The van der Waals surface area contributed by atoms with Crippen LogP contribution >= 0.6 is 22.6 Å². The van der Waals surface area contributed by atoms with Crippen molar-refractivity contribution in [3.05, 3.63) is 27.6 Å². The summed E-state index contributed by atoms with van der Waals surface area (Å²) < 4.78 is 13.5. The minimum atomic E-state index is -0.125. The molecule has 0 unspecified atom stereocenters. The van der Waals surface area contributed by atoms with E-state index in [0.717, 1.165) is 15.4 Å². The summed E-state index contributed by atoms with van der Waals surface area (Å²) in [6.45, 7) is 0. The van der Waals surface area contributed by atoms with Crippen molar-refractivity contribution in [1.29, 1.82) is 0 Å². The Hall–Kier alpha value is 0.0969. The molecule has 0 saturated carbocycles. The fourth-order valence-electron chi connectivity index (χ4n) is 0.608. The predicted molar refractivity (Wildman–Crippen MR) is 48.7 cm³/mol. The molecule has 3 heteroatoms.